The van der Waals surface area contributed by atoms with Gasteiger partial charge in [-0.05, 0) is 106 Å². The molecule has 6 aromatic carbocycles. The Kier molecular flexibility index (Phi) is 14.3. The van der Waals surface area contributed by atoms with Gasteiger partial charge in [-0.3, -0.25) is 9.59 Å². The molecule has 6 aromatic rings. The van der Waals surface area contributed by atoms with Crippen molar-refractivity contribution in [3.8, 4) is 11.5 Å². The van der Waals surface area contributed by atoms with E-state index in [-0.39, 0.29) is 49.3 Å². The second kappa shape index (κ2) is 20.0. The lowest BCUT2D eigenvalue weighted by atomic mass is 9.92. The van der Waals surface area contributed by atoms with Crippen LogP contribution in [0.2, 0.25) is 20.1 Å². The van der Waals surface area contributed by atoms with E-state index >= 15 is 0 Å². The first-order chi connectivity index (χ1) is 29.1. The van der Waals surface area contributed by atoms with Gasteiger partial charge in [0.2, 0.25) is 11.8 Å². The SMILES string of the molecule is COc1ccc(CN2C(=O)CO[C@@H](c3ccc(Cl)cc3)[C@H]2c2ccc(Cl)cc2)cc1.COc1ccc(CN2C(=O)CO[C@H](c3ccc(Cl)cc3)[C@@H]2c2ccc(Cl)cc2)cc1. The molecular weight excluding hydrogens is 842 g/mol. The highest BCUT2D eigenvalue weighted by Gasteiger charge is 2.40. The topological polar surface area (TPSA) is 77.5 Å². The third-order valence-electron chi connectivity index (χ3n) is 10.5. The van der Waals surface area contributed by atoms with Crippen molar-refractivity contribution in [2.45, 2.75) is 37.4 Å². The molecule has 0 N–H and O–H groups in total. The zero-order valence-electron chi connectivity index (χ0n) is 32.9. The van der Waals surface area contributed by atoms with E-state index in [1.807, 2.05) is 155 Å². The van der Waals surface area contributed by atoms with Gasteiger partial charge >= 0.3 is 0 Å². The molecule has 2 aliphatic rings. The van der Waals surface area contributed by atoms with Crippen molar-refractivity contribution in [3.63, 3.8) is 0 Å². The monoisotopic (exact) mass is 882 g/mol. The summed E-state index contributed by atoms with van der Waals surface area (Å²) in [7, 11) is 3.27. The van der Waals surface area contributed by atoms with Gasteiger partial charge in [0.25, 0.3) is 0 Å². The smallest absolute Gasteiger partial charge is 0.249 e. The number of amides is 2. The number of morpholine rings is 2. The molecule has 2 heterocycles. The minimum atomic E-state index is -0.320. The maximum atomic E-state index is 12.9. The molecule has 8 nitrogen and oxygen atoms in total. The van der Waals surface area contributed by atoms with Crippen molar-refractivity contribution in [1.29, 1.82) is 0 Å². The number of methoxy groups -OCH3 is 2. The molecule has 2 saturated heterocycles. The number of ether oxygens (including phenoxy) is 4. The standard InChI is InChI=1S/2C24H21Cl2NO3/c2*1-29-21-12-2-16(3-13-21)14-27-22(28)15-30-24(18-6-10-20(26)11-7-18)23(27)17-4-8-19(25)9-5-17/h2*2-13,23-24H,14-15H2,1H3/t2*23-,24+/m10/s1. The second-order valence-electron chi connectivity index (χ2n) is 14.3. The number of rotatable bonds is 10. The Hall–Kier alpha value is -5.06. The van der Waals surface area contributed by atoms with E-state index in [0.29, 0.717) is 33.2 Å². The Labute approximate surface area is 370 Å². The molecule has 12 heteroatoms. The van der Waals surface area contributed by atoms with Gasteiger partial charge in [-0.2, -0.15) is 0 Å². The molecule has 0 spiro atoms. The Morgan fingerprint density at radius 3 is 1.02 bits per heavy atom. The molecule has 0 aromatic heterocycles. The van der Waals surface area contributed by atoms with Crippen LogP contribution < -0.4 is 9.47 Å². The second-order valence-corrected chi connectivity index (χ2v) is 16.0. The lowest BCUT2D eigenvalue weighted by Gasteiger charge is -2.41. The van der Waals surface area contributed by atoms with Crippen LogP contribution in [0.5, 0.6) is 11.5 Å². The molecule has 4 atom stereocenters. The van der Waals surface area contributed by atoms with E-state index in [1.54, 1.807) is 14.2 Å². The average molecular weight is 885 g/mol. The van der Waals surface area contributed by atoms with Crippen LogP contribution in [0.15, 0.2) is 146 Å². The molecule has 8 rings (SSSR count). The van der Waals surface area contributed by atoms with Gasteiger partial charge in [-0.1, -0.05) is 119 Å². The first-order valence-electron chi connectivity index (χ1n) is 19.2. The maximum Gasteiger partial charge on any atom is 0.249 e. The third-order valence-corrected chi connectivity index (χ3v) is 11.5. The van der Waals surface area contributed by atoms with Crippen molar-refractivity contribution in [2.24, 2.45) is 0 Å². The number of nitrogens with zero attached hydrogens (tertiary/aromatic N) is 2. The van der Waals surface area contributed by atoms with E-state index in [0.717, 1.165) is 44.9 Å². The van der Waals surface area contributed by atoms with Gasteiger partial charge in [-0.25, -0.2) is 0 Å². The Morgan fingerprint density at radius 2 is 0.733 bits per heavy atom. The number of hydrogen-bond donors (Lipinski definition) is 0. The zero-order valence-corrected chi connectivity index (χ0v) is 35.9. The van der Waals surface area contributed by atoms with Crippen LogP contribution in [0, 0.1) is 0 Å². The number of carbonyl (C=O) groups is 2. The summed E-state index contributed by atoms with van der Waals surface area (Å²) >= 11 is 24.4. The Bertz CT molecular complexity index is 2180. The predicted molar refractivity (Wildman–Crippen MR) is 236 cm³/mol. The first-order valence-corrected chi connectivity index (χ1v) is 20.7. The Morgan fingerprint density at radius 1 is 0.450 bits per heavy atom. The molecular formula is C48H42Cl4N2O6. The number of halogens is 4. The summed E-state index contributed by atoms with van der Waals surface area (Å²) in [6.07, 6.45) is -0.640. The van der Waals surface area contributed by atoms with Crippen LogP contribution >= 0.6 is 46.4 Å². The molecule has 0 saturated carbocycles. The highest BCUT2D eigenvalue weighted by Crippen LogP contribution is 2.43. The van der Waals surface area contributed by atoms with E-state index in [4.69, 9.17) is 65.4 Å². The molecule has 60 heavy (non-hydrogen) atoms. The fourth-order valence-corrected chi connectivity index (χ4v) is 7.93. The minimum Gasteiger partial charge on any atom is -0.497 e. The van der Waals surface area contributed by atoms with Crippen molar-refractivity contribution in [1.82, 2.24) is 9.80 Å². The van der Waals surface area contributed by atoms with Crippen LogP contribution in [-0.2, 0) is 32.2 Å². The van der Waals surface area contributed by atoms with Gasteiger partial charge in [-0.15, -0.1) is 0 Å². The van der Waals surface area contributed by atoms with Crippen LogP contribution in [0.4, 0.5) is 0 Å². The van der Waals surface area contributed by atoms with Crippen molar-refractivity contribution in [3.05, 3.63) is 199 Å². The molecule has 308 valence electrons. The largest absolute Gasteiger partial charge is 0.497 e. The number of benzene rings is 6. The van der Waals surface area contributed by atoms with Crippen LogP contribution in [-0.4, -0.2) is 49.0 Å². The summed E-state index contributed by atoms with van der Waals surface area (Å²) in [4.78, 5) is 29.6. The first kappa shape index (κ1) is 43.0. The summed E-state index contributed by atoms with van der Waals surface area (Å²) in [5.74, 6) is 1.44. The third kappa shape index (κ3) is 10.4. The fraction of sp³-hybridized carbons (Fsp3) is 0.208. The lowest BCUT2D eigenvalue weighted by molar-refractivity contribution is -0.160. The summed E-state index contributed by atoms with van der Waals surface area (Å²) < 4.78 is 22.5. The molecule has 2 amide bonds. The molecule has 0 radical (unpaired) electrons. The van der Waals surface area contributed by atoms with Crippen molar-refractivity contribution >= 4 is 58.2 Å². The maximum absolute atomic E-state index is 12.9. The van der Waals surface area contributed by atoms with E-state index in [1.165, 1.54) is 0 Å². The summed E-state index contributed by atoms with van der Waals surface area (Å²) in [6, 6.07) is 45.1. The van der Waals surface area contributed by atoms with E-state index in [9.17, 15) is 9.59 Å². The molecule has 0 bridgehead atoms. The predicted octanol–water partition coefficient (Wildman–Crippen LogP) is 11.7. The zero-order chi connectivity index (χ0) is 42.2. The minimum absolute atomic E-state index is 0.0214. The molecule has 2 aliphatic heterocycles. The summed E-state index contributed by atoms with van der Waals surface area (Å²) in [5, 5.41) is 2.60. The summed E-state index contributed by atoms with van der Waals surface area (Å²) in [6.45, 7) is 0.966. The van der Waals surface area contributed by atoms with Crippen molar-refractivity contribution in [2.75, 3.05) is 27.4 Å². The van der Waals surface area contributed by atoms with Gasteiger partial charge in [0, 0.05) is 33.2 Å². The fourth-order valence-electron chi connectivity index (χ4n) is 7.43. The van der Waals surface area contributed by atoms with Crippen molar-refractivity contribution < 1.29 is 28.5 Å². The van der Waals surface area contributed by atoms with Gasteiger partial charge < -0.3 is 28.7 Å². The van der Waals surface area contributed by atoms with Crippen LogP contribution in [0.25, 0.3) is 0 Å². The summed E-state index contributed by atoms with van der Waals surface area (Å²) in [5.41, 5.74) is 5.87. The lowest BCUT2D eigenvalue weighted by Crippen LogP contribution is -2.45. The molecule has 0 unspecified atom stereocenters. The number of hydrogen-bond acceptors (Lipinski definition) is 6. The average Bonchev–Trinajstić information content (AvgIpc) is 3.27. The van der Waals surface area contributed by atoms with E-state index in [2.05, 4.69) is 0 Å². The highest BCUT2D eigenvalue weighted by molar-refractivity contribution is 6.31. The quantitative estimate of drug-likeness (QED) is 0.136. The van der Waals surface area contributed by atoms with E-state index < -0.39 is 0 Å². The van der Waals surface area contributed by atoms with Gasteiger partial charge in [0.15, 0.2) is 0 Å². The Balaban J connectivity index is 0.000000181. The molecule has 2 fully saturated rings. The number of carbonyl (C=O) groups excluding carboxylic acids is 2. The van der Waals surface area contributed by atoms with Crippen LogP contribution in [0.3, 0.4) is 0 Å². The van der Waals surface area contributed by atoms with Gasteiger partial charge in [0.1, 0.15) is 36.9 Å². The highest BCUT2D eigenvalue weighted by atomic mass is 35.5. The van der Waals surface area contributed by atoms with Gasteiger partial charge in [0.05, 0.1) is 26.3 Å². The van der Waals surface area contributed by atoms with Crippen LogP contribution in [0.1, 0.15) is 57.7 Å². The molecule has 0 aliphatic carbocycles. The normalized spacial score (nSPS) is 19.0.